The minimum absolute atomic E-state index is 0.00981. The molecule has 2 aromatic heterocycles. The summed E-state index contributed by atoms with van der Waals surface area (Å²) in [5, 5.41) is 3.50. The predicted octanol–water partition coefficient (Wildman–Crippen LogP) is 6.32. The molecule has 3 heterocycles. The molecule has 36 heavy (non-hydrogen) atoms. The van der Waals surface area contributed by atoms with E-state index in [1.165, 1.54) is 18.3 Å². The number of aromatic nitrogens is 3. The maximum absolute atomic E-state index is 14.2. The Hall–Kier alpha value is -3.02. The van der Waals surface area contributed by atoms with Crippen molar-refractivity contribution < 1.29 is 27.1 Å². The number of benzene rings is 1. The van der Waals surface area contributed by atoms with Crippen molar-refractivity contribution >= 4 is 34.7 Å². The number of nitrogens with one attached hydrogen (secondary N) is 2. The van der Waals surface area contributed by atoms with Gasteiger partial charge in [-0.2, -0.15) is 13.2 Å². The van der Waals surface area contributed by atoms with Gasteiger partial charge in [0, 0.05) is 42.5 Å². The molecule has 4 rings (SSSR count). The lowest BCUT2D eigenvalue weighted by Gasteiger charge is -2.34. The highest BCUT2D eigenvalue weighted by atomic mass is 32.2. The van der Waals surface area contributed by atoms with Gasteiger partial charge < -0.3 is 19.9 Å². The van der Waals surface area contributed by atoms with Gasteiger partial charge in [-0.1, -0.05) is 0 Å². The normalized spacial score (nSPS) is 16.9. The van der Waals surface area contributed by atoms with Crippen LogP contribution in [-0.4, -0.2) is 56.9 Å². The van der Waals surface area contributed by atoms with Crippen LogP contribution < -0.4 is 5.32 Å². The first-order valence-corrected chi connectivity index (χ1v) is 12.6. The number of aromatic amines is 1. The van der Waals surface area contributed by atoms with Gasteiger partial charge in [-0.3, -0.25) is 0 Å². The quantitative estimate of drug-likeness (QED) is 0.307. The summed E-state index contributed by atoms with van der Waals surface area (Å²) in [5.74, 6) is -0.452. The second-order valence-electron chi connectivity index (χ2n) is 9.57. The average molecular weight is 526 g/mol. The number of fused-ring (bicyclic) bond motifs is 1. The molecule has 194 valence electrons. The van der Waals surface area contributed by atoms with Gasteiger partial charge in [0.15, 0.2) is 0 Å². The number of amides is 1. The fraction of sp³-hybridized carbons (Fsp3) is 0.458. The van der Waals surface area contributed by atoms with E-state index in [0.717, 1.165) is 18.0 Å². The Labute approximate surface area is 210 Å². The molecule has 1 amide bonds. The fourth-order valence-electron chi connectivity index (χ4n) is 4.18. The summed E-state index contributed by atoms with van der Waals surface area (Å²) in [6, 6.07) is 2.40. The molecule has 1 aliphatic rings. The minimum Gasteiger partial charge on any atom is -0.444 e. The summed E-state index contributed by atoms with van der Waals surface area (Å²) in [7, 11) is 0. The van der Waals surface area contributed by atoms with Gasteiger partial charge in [0.1, 0.15) is 17.0 Å². The van der Waals surface area contributed by atoms with E-state index < -0.39 is 29.3 Å². The van der Waals surface area contributed by atoms with Crippen LogP contribution in [0.1, 0.15) is 39.2 Å². The van der Waals surface area contributed by atoms with Crippen LogP contribution in [0.25, 0.3) is 22.2 Å². The number of hydrogen-bond acceptors (Lipinski definition) is 6. The number of piperidine rings is 1. The fourth-order valence-corrected chi connectivity index (χ4v) is 4.81. The number of H-pyrrole nitrogens is 1. The summed E-state index contributed by atoms with van der Waals surface area (Å²) >= 11 is 1.16. The average Bonchev–Trinajstić information content (AvgIpc) is 3.21. The number of rotatable bonds is 4. The molecule has 1 saturated heterocycles. The highest BCUT2D eigenvalue weighted by Crippen LogP contribution is 2.40. The highest BCUT2D eigenvalue weighted by molar-refractivity contribution is 7.98. The molecule has 0 aliphatic carbocycles. The van der Waals surface area contributed by atoms with Gasteiger partial charge in [0.2, 0.25) is 5.95 Å². The lowest BCUT2D eigenvalue weighted by molar-refractivity contribution is -0.137. The maximum atomic E-state index is 14.2. The third kappa shape index (κ3) is 5.53. The maximum Gasteiger partial charge on any atom is 0.419 e. The summed E-state index contributed by atoms with van der Waals surface area (Å²) in [6.07, 6.45) is 0.0687. The first-order valence-electron chi connectivity index (χ1n) is 11.4. The number of alkyl halides is 3. The van der Waals surface area contributed by atoms with E-state index in [1.807, 2.05) is 0 Å². The van der Waals surface area contributed by atoms with Crippen molar-refractivity contribution in [1.29, 1.82) is 0 Å². The first-order chi connectivity index (χ1) is 16.9. The van der Waals surface area contributed by atoms with Crippen LogP contribution in [0.5, 0.6) is 0 Å². The van der Waals surface area contributed by atoms with Crippen LogP contribution in [0.15, 0.2) is 29.4 Å². The largest absolute Gasteiger partial charge is 0.444 e. The molecule has 3 aromatic rings. The van der Waals surface area contributed by atoms with Crippen molar-refractivity contribution in [2.45, 2.75) is 56.3 Å². The smallest absolute Gasteiger partial charge is 0.419 e. The van der Waals surface area contributed by atoms with Gasteiger partial charge in [-0.25, -0.2) is 19.2 Å². The Morgan fingerprint density at radius 3 is 2.69 bits per heavy atom. The summed E-state index contributed by atoms with van der Waals surface area (Å²) in [5.41, 5.74) is -1.36. The molecule has 0 bridgehead atoms. The molecular weight excluding hydrogens is 498 g/mol. The molecule has 12 heteroatoms. The van der Waals surface area contributed by atoms with E-state index in [9.17, 15) is 22.4 Å². The van der Waals surface area contributed by atoms with Gasteiger partial charge in [-0.05, 0) is 52.0 Å². The molecule has 1 fully saturated rings. The van der Waals surface area contributed by atoms with Crippen LogP contribution in [0.2, 0.25) is 0 Å². The van der Waals surface area contributed by atoms with E-state index in [2.05, 4.69) is 20.3 Å². The van der Waals surface area contributed by atoms with Crippen molar-refractivity contribution in [2.75, 3.05) is 24.7 Å². The van der Waals surface area contributed by atoms with Crippen LogP contribution in [-0.2, 0) is 10.9 Å². The Morgan fingerprint density at radius 2 is 2.03 bits per heavy atom. The topological polar surface area (TPSA) is 83.1 Å². The zero-order valence-electron chi connectivity index (χ0n) is 20.3. The Balaban J connectivity index is 1.66. The van der Waals surface area contributed by atoms with Gasteiger partial charge >= 0.3 is 12.3 Å². The first kappa shape index (κ1) is 26.1. The number of carbonyl (C=O) groups is 1. The number of carbonyl (C=O) groups excluding carboxylic acids is 1. The Kier molecular flexibility index (Phi) is 7.09. The van der Waals surface area contributed by atoms with Crippen LogP contribution in [0.3, 0.4) is 0 Å². The molecule has 0 spiro atoms. The van der Waals surface area contributed by atoms with Gasteiger partial charge in [-0.15, -0.1) is 11.8 Å². The van der Waals surface area contributed by atoms with E-state index in [0.29, 0.717) is 41.7 Å². The standard InChI is InChI=1S/C24H27F4N5O2S/c1-23(2,3)35-22(34)33-9-5-6-13(12-33)31-21-30-11-16(24(26,27)28)18(32-21)15-10-29-19-14(15)7-8-17(25)20(19)36-4/h7-8,10-11,13,29H,5-6,9,12H2,1-4H3,(H,30,31,32)/t13-/m0/s1. The summed E-state index contributed by atoms with van der Waals surface area (Å²) in [6.45, 7) is 6.17. The zero-order chi connectivity index (χ0) is 26.3. The monoisotopic (exact) mass is 525 g/mol. The predicted molar refractivity (Wildman–Crippen MR) is 131 cm³/mol. The molecular formula is C24H27F4N5O2S. The molecule has 0 unspecified atom stereocenters. The second kappa shape index (κ2) is 9.79. The molecule has 7 nitrogen and oxygen atoms in total. The van der Waals surface area contributed by atoms with E-state index >= 15 is 0 Å². The molecule has 1 aliphatic heterocycles. The van der Waals surface area contributed by atoms with Crippen LogP contribution >= 0.6 is 11.8 Å². The van der Waals surface area contributed by atoms with E-state index in [1.54, 1.807) is 31.9 Å². The number of hydrogen-bond donors (Lipinski definition) is 2. The molecule has 1 atom stereocenters. The molecule has 0 radical (unpaired) electrons. The molecule has 1 aromatic carbocycles. The van der Waals surface area contributed by atoms with Crippen molar-refractivity contribution in [3.63, 3.8) is 0 Å². The number of nitrogens with zero attached hydrogens (tertiary/aromatic N) is 3. The number of ether oxygens (including phenoxy) is 1. The number of halogens is 4. The second-order valence-corrected chi connectivity index (χ2v) is 10.4. The number of anilines is 1. The van der Waals surface area contributed by atoms with E-state index in [-0.39, 0.29) is 23.2 Å². The summed E-state index contributed by atoms with van der Waals surface area (Å²) in [4.78, 5) is 25.4. The van der Waals surface area contributed by atoms with Gasteiger partial charge in [0.05, 0.1) is 16.1 Å². The Bertz CT molecular complexity index is 1270. The Morgan fingerprint density at radius 1 is 1.28 bits per heavy atom. The van der Waals surface area contributed by atoms with Crippen LogP contribution in [0.4, 0.5) is 28.3 Å². The van der Waals surface area contributed by atoms with Crippen molar-refractivity contribution in [1.82, 2.24) is 19.9 Å². The lowest BCUT2D eigenvalue weighted by atomic mass is 10.1. The minimum atomic E-state index is -4.70. The molecule has 0 saturated carbocycles. The zero-order valence-corrected chi connectivity index (χ0v) is 21.1. The SMILES string of the molecule is CSc1c(F)ccc2c(-c3nc(N[C@H]4CCCN(C(=O)OC(C)(C)C)C4)ncc3C(F)(F)F)c[nH]c12. The number of likely N-dealkylation sites (tertiary alicyclic amines) is 1. The highest BCUT2D eigenvalue weighted by Gasteiger charge is 2.36. The van der Waals surface area contributed by atoms with E-state index in [4.69, 9.17) is 4.74 Å². The van der Waals surface area contributed by atoms with Crippen molar-refractivity contribution in [3.05, 3.63) is 35.9 Å². The third-order valence-electron chi connectivity index (χ3n) is 5.72. The van der Waals surface area contributed by atoms with Crippen LogP contribution in [0, 0.1) is 5.82 Å². The number of thioether (sulfide) groups is 1. The summed E-state index contributed by atoms with van der Waals surface area (Å²) < 4.78 is 61.3. The van der Waals surface area contributed by atoms with Crippen molar-refractivity contribution in [2.24, 2.45) is 0 Å². The lowest BCUT2D eigenvalue weighted by Crippen LogP contribution is -2.47. The molecule has 2 N–H and O–H groups in total. The van der Waals surface area contributed by atoms with Gasteiger partial charge in [0.25, 0.3) is 0 Å². The van der Waals surface area contributed by atoms with Crippen molar-refractivity contribution in [3.8, 4) is 11.3 Å². The third-order valence-corrected chi connectivity index (χ3v) is 6.53.